The fourth-order valence-electron chi connectivity index (χ4n) is 3.71. The fraction of sp³-hybridized carbons (Fsp3) is 0.318. The average Bonchev–Trinajstić information content (AvgIpc) is 3.12. The summed E-state index contributed by atoms with van der Waals surface area (Å²) in [6.45, 7) is 5.02. The normalized spacial score (nSPS) is 15.2. The van der Waals surface area contributed by atoms with Crippen molar-refractivity contribution < 1.29 is 4.79 Å². The van der Waals surface area contributed by atoms with Crippen molar-refractivity contribution in [1.82, 2.24) is 20.1 Å². The van der Waals surface area contributed by atoms with Crippen LogP contribution in [0.4, 0.5) is 4.79 Å². The maximum atomic E-state index is 12.4. The van der Waals surface area contributed by atoms with Crippen LogP contribution >= 0.6 is 0 Å². The number of hydrogen-bond acceptors (Lipinski definition) is 2. The first kappa shape index (κ1) is 17.6. The maximum absolute atomic E-state index is 12.4. The minimum absolute atomic E-state index is 0.0502. The zero-order valence-corrected chi connectivity index (χ0v) is 15.5. The molecule has 0 saturated carbocycles. The van der Waals surface area contributed by atoms with E-state index in [0.29, 0.717) is 6.54 Å². The number of carbonyl (C=O) groups is 1. The first-order valence-electron chi connectivity index (χ1n) is 9.63. The monoisotopic (exact) mass is 362 g/mol. The first-order chi connectivity index (χ1) is 13.3. The number of benzene rings is 2. The lowest BCUT2D eigenvalue weighted by atomic mass is 10.1. The Morgan fingerprint density at radius 3 is 2.52 bits per heavy atom. The van der Waals surface area contributed by atoms with Crippen LogP contribution in [0.3, 0.4) is 0 Å². The molecule has 2 heterocycles. The van der Waals surface area contributed by atoms with Crippen LogP contribution in [-0.4, -0.2) is 53.5 Å². The molecule has 2 aromatic carbocycles. The Balaban J connectivity index is 1.21. The zero-order chi connectivity index (χ0) is 18.5. The molecule has 1 aromatic heterocycles. The molecule has 27 heavy (non-hydrogen) atoms. The van der Waals surface area contributed by atoms with E-state index in [2.05, 4.69) is 51.6 Å². The quantitative estimate of drug-likeness (QED) is 0.732. The van der Waals surface area contributed by atoms with Gasteiger partial charge in [-0.3, -0.25) is 4.90 Å². The fourth-order valence-corrected chi connectivity index (χ4v) is 3.71. The van der Waals surface area contributed by atoms with E-state index in [1.54, 1.807) is 0 Å². The number of amides is 2. The van der Waals surface area contributed by atoms with Crippen LogP contribution < -0.4 is 5.32 Å². The van der Waals surface area contributed by atoms with Crippen molar-refractivity contribution in [3.05, 3.63) is 71.9 Å². The van der Waals surface area contributed by atoms with Gasteiger partial charge in [0.25, 0.3) is 0 Å². The van der Waals surface area contributed by atoms with Gasteiger partial charge in [0.1, 0.15) is 0 Å². The molecule has 5 nitrogen and oxygen atoms in total. The summed E-state index contributed by atoms with van der Waals surface area (Å²) in [5.41, 5.74) is 3.72. The highest BCUT2D eigenvalue weighted by Gasteiger charge is 2.20. The summed E-state index contributed by atoms with van der Waals surface area (Å²) in [6, 6.07) is 18.8. The second-order valence-electron chi connectivity index (χ2n) is 7.09. The third kappa shape index (κ3) is 4.31. The molecule has 0 spiro atoms. The lowest BCUT2D eigenvalue weighted by Gasteiger charge is -2.34. The minimum atomic E-state index is 0.0502. The Labute approximate surface area is 160 Å². The van der Waals surface area contributed by atoms with E-state index < -0.39 is 0 Å². The summed E-state index contributed by atoms with van der Waals surface area (Å²) in [5.74, 6) is 0. The van der Waals surface area contributed by atoms with Gasteiger partial charge in [-0.25, -0.2) is 4.79 Å². The highest BCUT2D eigenvalue weighted by molar-refractivity contribution is 5.83. The number of hydrogen-bond donors (Lipinski definition) is 2. The minimum Gasteiger partial charge on any atom is -0.361 e. The van der Waals surface area contributed by atoms with E-state index in [0.717, 1.165) is 44.7 Å². The van der Waals surface area contributed by atoms with E-state index in [-0.39, 0.29) is 6.03 Å². The predicted molar refractivity (Wildman–Crippen MR) is 109 cm³/mol. The number of H-pyrrole nitrogens is 1. The Kier molecular flexibility index (Phi) is 5.39. The molecule has 5 heteroatoms. The van der Waals surface area contributed by atoms with Crippen molar-refractivity contribution in [2.75, 3.05) is 32.7 Å². The van der Waals surface area contributed by atoms with Crippen LogP contribution in [0, 0.1) is 0 Å². The summed E-state index contributed by atoms with van der Waals surface area (Å²) < 4.78 is 0. The van der Waals surface area contributed by atoms with Crippen LogP contribution in [0.1, 0.15) is 11.1 Å². The molecule has 0 radical (unpaired) electrons. The van der Waals surface area contributed by atoms with Crippen molar-refractivity contribution >= 4 is 16.9 Å². The number of para-hydroxylation sites is 1. The van der Waals surface area contributed by atoms with E-state index >= 15 is 0 Å². The third-order valence-electron chi connectivity index (χ3n) is 5.25. The molecule has 4 rings (SSSR count). The Morgan fingerprint density at radius 1 is 0.963 bits per heavy atom. The summed E-state index contributed by atoms with van der Waals surface area (Å²) in [5, 5.41) is 4.31. The number of fused-ring (bicyclic) bond motifs is 1. The number of nitrogens with one attached hydrogen (secondary N) is 2. The number of rotatable bonds is 5. The number of piperazine rings is 1. The van der Waals surface area contributed by atoms with Gasteiger partial charge in [0.05, 0.1) is 0 Å². The number of aromatic amines is 1. The number of aromatic nitrogens is 1. The third-order valence-corrected chi connectivity index (χ3v) is 5.25. The van der Waals surface area contributed by atoms with Crippen LogP contribution in [0.25, 0.3) is 10.9 Å². The molecule has 1 aliphatic heterocycles. The molecule has 0 atom stereocenters. The molecular weight excluding hydrogens is 336 g/mol. The molecular formula is C22H26N4O. The molecule has 0 bridgehead atoms. The van der Waals surface area contributed by atoms with Crippen LogP contribution in [0.2, 0.25) is 0 Å². The van der Waals surface area contributed by atoms with Crippen LogP contribution in [0.15, 0.2) is 60.8 Å². The maximum Gasteiger partial charge on any atom is 0.317 e. The largest absolute Gasteiger partial charge is 0.361 e. The topological polar surface area (TPSA) is 51.4 Å². The lowest BCUT2D eigenvalue weighted by Crippen LogP contribution is -2.51. The second kappa shape index (κ2) is 8.27. The zero-order valence-electron chi connectivity index (χ0n) is 15.5. The Bertz CT molecular complexity index is 881. The average molecular weight is 362 g/mol. The Hall–Kier alpha value is -2.79. The molecule has 0 aliphatic carbocycles. The van der Waals surface area contributed by atoms with Crippen LogP contribution in [-0.2, 0) is 13.0 Å². The summed E-state index contributed by atoms with van der Waals surface area (Å²) >= 11 is 0. The molecule has 1 saturated heterocycles. The van der Waals surface area contributed by atoms with Gasteiger partial charge in [-0.1, -0.05) is 48.5 Å². The highest BCUT2D eigenvalue weighted by Crippen LogP contribution is 2.17. The van der Waals surface area contributed by atoms with Gasteiger partial charge < -0.3 is 15.2 Å². The standard InChI is InChI=1S/C22H26N4O/c27-22(23-11-10-19-16-24-21-9-5-4-8-20(19)21)26-14-12-25(13-15-26)17-18-6-2-1-3-7-18/h1-9,16,24H,10-15,17H2,(H,23,27). The van der Waals surface area contributed by atoms with Crippen molar-refractivity contribution in [1.29, 1.82) is 0 Å². The van der Waals surface area contributed by atoms with Crippen molar-refractivity contribution in [2.24, 2.45) is 0 Å². The highest BCUT2D eigenvalue weighted by atomic mass is 16.2. The number of carbonyl (C=O) groups excluding carboxylic acids is 1. The SMILES string of the molecule is O=C(NCCc1c[nH]c2ccccc12)N1CCN(Cc2ccccc2)CC1. The predicted octanol–water partition coefficient (Wildman–Crippen LogP) is 3.24. The Morgan fingerprint density at radius 2 is 1.70 bits per heavy atom. The van der Waals surface area contributed by atoms with E-state index in [4.69, 9.17) is 0 Å². The summed E-state index contributed by atoms with van der Waals surface area (Å²) in [7, 11) is 0. The second-order valence-corrected chi connectivity index (χ2v) is 7.09. The van der Waals surface area contributed by atoms with Crippen molar-refractivity contribution in [2.45, 2.75) is 13.0 Å². The van der Waals surface area contributed by atoms with Gasteiger partial charge in [-0.2, -0.15) is 0 Å². The molecule has 3 aromatic rings. The van der Waals surface area contributed by atoms with Crippen molar-refractivity contribution in [3.8, 4) is 0 Å². The van der Waals surface area contributed by atoms with Crippen molar-refractivity contribution in [3.63, 3.8) is 0 Å². The van der Waals surface area contributed by atoms with Gasteiger partial charge >= 0.3 is 6.03 Å². The van der Waals surface area contributed by atoms with Gasteiger partial charge in [-0.15, -0.1) is 0 Å². The molecule has 2 N–H and O–H groups in total. The molecule has 1 fully saturated rings. The van der Waals surface area contributed by atoms with Crippen LogP contribution in [0.5, 0.6) is 0 Å². The summed E-state index contributed by atoms with van der Waals surface area (Å²) in [6.07, 6.45) is 2.88. The van der Waals surface area contributed by atoms with E-state index in [1.807, 2.05) is 29.3 Å². The molecule has 140 valence electrons. The molecule has 2 amide bonds. The molecule has 0 unspecified atom stereocenters. The van der Waals surface area contributed by atoms with Gasteiger partial charge in [0.15, 0.2) is 0 Å². The summed E-state index contributed by atoms with van der Waals surface area (Å²) in [4.78, 5) is 20.1. The number of urea groups is 1. The van der Waals surface area contributed by atoms with Gasteiger partial charge in [0.2, 0.25) is 0 Å². The van der Waals surface area contributed by atoms with Gasteiger partial charge in [-0.05, 0) is 23.6 Å². The number of nitrogens with zero attached hydrogens (tertiary/aromatic N) is 2. The molecule has 1 aliphatic rings. The van der Waals surface area contributed by atoms with E-state index in [1.165, 1.54) is 16.5 Å². The van der Waals surface area contributed by atoms with E-state index in [9.17, 15) is 4.79 Å². The first-order valence-corrected chi connectivity index (χ1v) is 9.63. The lowest BCUT2D eigenvalue weighted by molar-refractivity contribution is 0.135. The van der Waals surface area contributed by atoms with Gasteiger partial charge in [0, 0.05) is 56.4 Å². The smallest absolute Gasteiger partial charge is 0.317 e.